The molecule has 1 saturated carbocycles. The Kier molecular flexibility index (Phi) is 9.30. The third-order valence-corrected chi connectivity index (χ3v) is 4.47. The molecular formula is C20H28IN5O. The molecular weight excluding hydrogens is 453 g/mol. The van der Waals surface area contributed by atoms with Crippen molar-refractivity contribution in [3.05, 3.63) is 54.0 Å². The standard InChI is InChI=1S/C20H27N5O.HI/c1-21-20(23-13-11-17-6-4-5-12-22-17)25-15-16-9-10-19(24-14-16)26-18-7-2-3-8-18;/h4-6,9-10,12,14,18H,2-3,7-8,11,13,15H2,1H3,(H2,21,23,25);1H. The smallest absolute Gasteiger partial charge is 0.213 e. The summed E-state index contributed by atoms with van der Waals surface area (Å²) in [6.07, 6.45) is 9.69. The van der Waals surface area contributed by atoms with Crippen LogP contribution in [0.5, 0.6) is 5.88 Å². The van der Waals surface area contributed by atoms with Gasteiger partial charge in [0, 0.05) is 50.7 Å². The number of hydrogen-bond acceptors (Lipinski definition) is 4. The van der Waals surface area contributed by atoms with E-state index in [1.807, 2.05) is 42.7 Å². The molecule has 146 valence electrons. The summed E-state index contributed by atoms with van der Waals surface area (Å²) >= 11 is 0. The van der Waals surface area contributed by atoms with E-state index in [0.717, 1.165) is 48.9 Å². The highest BCUT2D eigenvalue weighted by molar-refractivity contribution is 14.0. The van der Waals surface area contributed by atoms with Crippen LogP contribution in [0.1, 0.15) is 36.9 Å². The van der Waals surface area contributed by atoms with Gasteiger partial charge in [0.1, 0.15) is 6.10 Å². The van der Waals surface area contributed by atoms with Crippen molar-refractivity contribution in [2.45, 2.75) is 44.8 Å². The zero-order valence-corrected chi connectivity index (χ0v) is 18.1. The number of halogens is 1. The molecule has 0 amide bonds. The van der Waals surface area contributed by atoms with Crippen molar-refractivity contribution >= 4 is 29.9 Å². The predicted octanol–water partition coefficient (Wildman–Crippen LogP) is 3.32. The van der Waals surface area contributed by atoms with Crippen LogP contribution in [-0.2, 0) is 13.0 Å². The molecule has 7 heteroatoms. The number of nitrogens with zero attached hydrogens (tertiary/aromatic N) is 3. The van der Waals surface area contributed by atoms with E-state index in [4.69, 9.17) is 4.74 Å². The second kappa shape index (κ2) is 11.7. The Hall–Kier alpha value is -1.90. The number of aliphatic imine (C=N–C) groups is 1. The molecule has 0 spiro atoms. The topological polar surface area (TPSA) is 71.4 Å². The summed E-state index contributed by atoms with van der Waals surface area (Å²) < 4.78 is 5.90. The van der Waals surface area contributed by atoms with Gasteiger partial charge >= 0.3 is 0 Å². The van der Waals surface area contributed by atoms with Crippen molar-refractivity contribution in [1.29, 1.82) is 0 Å². The lowest BCUT2D eigenvalue weighted by molar-refractivity contribution is 0.201. The fourth-order valence-electron chi connectivity index (χ4n) is 3.02. The van der Waals surface area contributed by atoms with Crippen molar-refractivity contribution in [3.8, 4) is 5.88 Å². The van der Waals surface area contributed by atoms with Crippen LogP contribution in [0.25, 0.3) is 0 Å². The van der Waals surface area contributed by atoms with Crippen LogP contribution in [0.2, 0.25) is 0 Å². The summed E-state index contributed by atoms with van der Waals surface area (Å²) in [7, 11) is 1.77. The maximum absolute atomic E-state index is 5.90. The maximum atomic E-state index is 5.90. The molecule has 1 aliphatic rings. The van der Waals surface area contributed by atoms with Gasteiger partial charge in [0.15, 0.2) is 5.96 Å². The zero-order chi connectivity index (χ0) is 18.0. The van der Waals surface area contributed by atoms with E-state index in [1.54, 1.807) is 7.05 Å². The molecule has 0 bridgehead atoms. The normalized spacial score (nSPS) is 14.5. The molecule has 0 unspecified atom stereocenters. The Morgan fingerprint density at radius 2 is 2.00 bits per heavy atom. The minimum Gasteiger partial charge on any atom is -0.474 e. The lowest BCUT2D eigenvalue weighted by Crippen LogP contribution is -2.37. The molecule has 3 rings (SSSR count). The molecule has 0 saturated heterocycles. The van der Waals surface area contributed by atoms with Crippen LogP contribution in [0.15, 0.2) is 47.7 Å². The maximum Gasteiger partial charge on any atom is 0.213 e. The lowest BCUT2D eigenvalue weighted by atomic mass is 10.2. The Morgan fingerprint density at radius 1 is 1.15 bits per heavy atom. The molecule has 2 aromatic heterocycles. The Bertz CT molecular complexity index is 687. The first-order valence-corrected chi connectivity index (χ1v) is 9.29. The summed E-state index contributed by atoms with van der Waals surface area (Å²) in [6, 6.07) is 9.95. The highest BCUT2D eigenvalue weighted by atomic mass is 127. The van der Waals surface area contributed by atoms with E-state index in [0.29, 0.717) is 12.6 Å². The van der Waals surface area contributed by atoms with Gasteiger partial charge in [0.05, 0.1) is 0 Å². The summed E-state index contributed by atoms with van der Waals surface area (Å²) in [5.74, 6) is 1.49. The van der Waals surface area contributed by atoms with Gasteiger partial charge in [0.25, 0.3) is 0 Å². The molecule has 1 aliphatic carbocycles. The van der Waals surface area contributed by atoms with Crippen molar-refractivity contribution in [1.82, 2.24) is 20.6 Å². The third kappa shape index (κ3) is 7.32. The summed E-state index contributed by atoms with van der Waals surface area (Å²) in [5.41, 5.74) is 2.16. The average molecular weight is 481 g/mol. The number of hydrogen-bond donors (Lipinski definition) is 2. The molecule has 0 atom stereocenters. The number of rotatable bonds is 7. The Labute approximate surface area is 178 Å². The van der Waals surface area contributed by atoms with Crippen molar-refractivity contribution in [2.75, 3.05) is 13.6 Å². The quantitative estimate of drug-likeness (QED) is 0.361. The summed E-state index contributed by atoms with van der Waals surface area (Å²) in [5, 5.41) is 6.60. The molecule has 6 nitrogen and oxygen atoms in total. The van der Waals surface area contributed by atoms with Gasteiger partial charge in [-0.1, -0.05) is 12.1 Å². The minimum absolute atomic E-state index is 0. The number of pyridine rings is 2. The largest absolute Gasteiger partial charge is 0.474 e. The van der Waals surface area contributed by atoms with E-state index in [-0.39, 0.29) is 24.0 Å². The second-order valence-electron chi connectivity index (χ2n) is 6.45. The average Bonchev–Trinajstić information content (AvgIpc) is 3.19. The molecule has 2 aromatic rings. The van der Waals surface area contributed by atoms with Crippen LogP contribution < -0.4 is 15.4 Å². The Morgan fingerprint density at radius 3 is 2.67 bits per heavy atom. The van der Waals surface area contributed by atoms with E-state index >= 15 is 0 Å². The first-order chi connectivity index (χ1) is 12.8. The van der Waals surface area contributed by atoms with Crippen LogP contribution in [-0.4, -0.2) is 35.6 Å². The molecule has 1 fully saturated rings. The van der Waals surface area contributed by atoms with Crippen LogP contribution in [0.3, 0.4) is 0 Å². The van der Waals surface area contributed by atoms with Crippen molar-refractivity contribution in [2.24, 2.45) is 4.99 Å². The first kappa shape index (κ1) is 21.4. The Balaban J connectivity index is 0.00000261. The lowest BCUT2D eigenvalue weighted by Gasteiger charge is -2.13. The first-order valence-electron chi connectivity index (χ1n) is 9.29. The highest BCUT2D eigenvalue weighted by Crippen LogP contribution is 2.22. The van der Waals surface area contributed by atoms with Gasteiger partial charge in [-0.3, -0.25) is 9.98 Å². The van der Waals surface area contributed by atoms with E-state index in [2.05, 4.69) is 25.6 Å². The predicted molar refractivity (Wildman–Crippen MR) is 119 cm³/mol. The molecule has 0 aliphatic heterocycles. The SMILES string of the molecule is CN=C(NCCc1ccccn1)NCc1ccc(OC2CCCC2)nc1.I. The van der Waals surface area contributed by atoms with Gasteiger partial charge in [-0.05, 0) is 43.4 Å². The van der Waals surface area contributed by atoms with Gasteiger partial charge in [-0.15, -0.1) is 24.0 Å². The van der Waals surface area contributed by atoms with Gasteiger partial charge in [0.2, 0.25) is 5.88 Å². The highest BCUT2D eigenvalue weighted by Gasteiger charge is 2.16. The van der Waals surface area contributed by atoms with Gasteiger partial charge < -0.3 is 15.4 Å². The van der Waals surface area contributed by atoms with Gasteiger partial charge in [-0.2, -0.15) is 0 Å². The molecule has 0 aromatic carbocycles. The molecule has 2 heterocycles. The number of aromatic nitrogens is 2. The second-order valence-corrected chi connectivity index (χ2v) is 6.45. The van der Waals surface area contributed by atoms with E-state index < -0.39 is 0 Å². The van der Waals surface area contributed by atoms with Crippen LogP contribution in [0, 0.1) is 0 Å². The number of ether oxygens (including phenoxy) is 1. The van der Waals surface area contributed by atoms with Gasteiger partial charge in [-0.25, -0.2) is 4.98 Å². The molecule has 2 N–H and O–H groups in total. The van der Waals surface area contributed by atoms with Crippen molar-refractivity contribution < 1.29 is 4.74 Å². The van der Waals surface area contributed by atoms with E-state index in [9.17, 15) is 0 Å². The molecule has 0 radical (unpaired) electrons. The zero-order valence-electron chi connectivity index (χ0n) is 15.7. The summed E-state index contributed by atoms with van der Waals surface area (Å²) in [6.45, 7) is 1.45. The minimum atomic E-state index is 0. The van der Waals surface area contributed by atoms with E-state index in [1.165, 1.54) is 12.8 Å². The van der Waals surface area contributed by atoms with Crippen molar-refractivity contribution in [3.63, 3.8) is 0 Å². The van der Waals surface area contributed by atoms with Crippen LogP contribution >= 0.6 is 24.0 Å². The number of nitrogens with one attached hydrogen (secondary N) is 2. The van der Waals surface area contributed by atoms with Crippen LogP contribution in [0.4, 0.5) is 0 Å². The third-order valence-electron chi connectivity index (χ3n) is 4.47. The molecule has 27 heavy (non-hydrogen) atoms. The summed E-state index contributed by atoms with van der Waals surface area (Å²) in [4.78, 5) is 13.0. The monoisotopic (exact) mass is 481 g/mol. The number of guanidine groups is 1. The fourth-order valence-corrected chi connectivity index (χ4v) is 3.02. The fraction of sp³-hybridized carbons (Fsp3) is 0.450.